The first-order chi connectivity index (χ1) is 13.6. The van der Waals surface area contributed by atoms with Crippen LogP contribution in [0.15, 0.2) is 18.2 Å². The maximum absolute atomic E-state index is 13.0. The molecule has 3 aliphatic rings. The van der Waals surface area contributed by atoms with Crippen LogP contribution in [0.5, 0.6) is 0 Å². The lowest BCUT2D eigenvalue weighted by atomic mass is 9.92. The maximum Gasteiger partial charge on any atom is 0.255 e. The van der Waals surface area contributed by atoms with E-state index in [1.165, 1.54) is 25.7 Å². The van der Waals surface area contributed by atoms with E-state index >= 15 is 0 Å². The first kappa shape index (κ1) is 19.4. The number of carbonyl (C=O) groups excluding carboxylic acids is 3. The Morgan fingerprint density at radius 2 is 1.89 bits per heavy atom. The minimum atomic E-state index is -0.555. The standard InChI is InChI=1S/C21H26BrN3O3/c22-10-2-3-14-8-11-24(12-9-14)17-5-1-4-15-16(17)13-25(21(15)28)18-6-7-19(26)23-20(18)27/h1,4-5,14,18H,2-3,6-13H2,(H,23,26,27). The lowest BCUT2D eigenvalue weighted by molar-refractivity contribution is -0.136. The Bertz CT molecular complexity index is 789. The number of piperidine rings is 2. The van der Waals surface area contributed by atoms with Gasteiger partial charge in [-0.2, -0.15) is 0 Å². The highest BCUT2D eigenvalue weighted by Gasteiger charge is 2.40. The van der Waals surface area contributed by atoms with Crippen LogP contribution >= 0.6 is 15.9 Å². The third-order valence-corrected chi connectivity index (χ3v) is 6.82. The van der Waals surface area contributed by atoms with Crippen LogP contribution in [-0.4, -0.2) is 47.1 Å². The number of hydrogen-bond acceptors (Lipinski definition) is 4. The number of nitrogens with one attached hydrogen (secondary N) is 1. The van der Waals surface area contributed by atoms with E-state index in [1.807, 2.05) is 12.1 Å². The summed E-state index contributed by atoms with van der Waals surface area (Å²) in [4.78, 5) is 40.7. The Morgan fingerprint density at radius 3 is 2.61 bits per heavy atom. The molecule has 0 radical (unpaired) electrons. The van der Waals surface area contributed by atoms with Crippen molar-refractivity contribution in [2.45, 2.75) is 51.1 Å². The van der Waals surface area contributed by atoms with Crippen LogP contribution in [0.2, 0.25) is 0 Å². The lowest BCUT2D eigenvalue weighted by Gasteiger charge is -2.35. The van der Waals surface area contributed by atoms with Crippen molar-refractivity contribution in [3.63, 3.8) is 0 Å². The number of amides is 3. The number of anilines is 1. The van der Waals surface area contributed by atoms with Crippen LogP contribution in [0.4, 0.5) is 5.69 Å². The van der Waals surface area contributed by atoms with Gasteiger partial charge in [0, 0.05) is 48.2 Å². The average Bonchev–Trinajstić information content (AvgIpc) is 3.03. The Kier molecular flexibility index (Phi) is 5.71. The first-order valence-corrected chi connectivity index (χ1v) is 11.3. The van der Waals surface area contributed by atoms with Gasteiger partial charge in [0.1, 0.15) is 6.04 Å². The van der Waals surface area contributed by atoms with Gasteiger partial charge in [-0.1, -0.05) is 22.0 Å². The fourth-order valence-electron chi connectivity index (χ4n) is 4.69. The second-order valence-corrected chi connectivity index (χ2v) is 8.76. The summed E-state index contributed by atoms with van der Waals surface area (Å²) >= 11 is 3.52. The van der Waals surface area contributed by atoms with Crippen molar-refractivity contribution in [3.8, 4) is 0 Å². The quantitative estimate of drug-likeness (QED) is 0.556. The fourth-order valence-corrected chi connectivity index (χ4v) is 5.02. The number of alkyl halides is 1. The topological polar surface area (TPSA) is 69.7 Å². The molecular formula is C21H26BrN3O3. The van der Waals surface area contributed by atoms with E-state index in [2.05, 4.69) is 32.2 Å². The minimum Gasteiger partial charge on any atom is -0.371 e. The summed E-state index contributed by atoms with van der Waals surface area (Å²) < 4.78 is 0. The molecule has 0 saturated carbocycles. The summed E-state index contributed by atoms with van der Waals surface area (Å²) in [6.07, 6.45) is 5.54. The Hall–Kier alpha value is -1.89. The monoisotopic (exact) mass is 447 g/mol. The zero-order valence-corrected chi connectivity index (χ0v) is 17.5. The molecule has 4 rings (SSSR count). The van der Waals surface area contributed by atoms with Crippen LogP contribution < -0.4 is 10.2 Å². The summed E-state index contributed by atoms with van der Waals surface area (Å²) in [6, 6.07) is 5.34. The van der Waals surface area contributed by atoms with Crippen molar-refractivity contribution < 1.29 is 14.4 Å². The molecule has 3 aliphatic heterocycles. The van der Waals surface area contributed by atoms with Gasteiger partial charge in [0.05, 0.1) is 0 Å². The van der Waals surface area contributed by atoms with Crippen LogP contribution in [0.3, 0.4) is 0 Å². The number of nitrogens with zero attached hydrogens (tertiary/aromatic N) is 2. The van der Waals surface area contributed by atoms with Gasteiger partial charge in [0.25, 0.3) is 5.91 Å². The van der Waals surface area contributed by atoms with E-state index in [9.17, 15) is 14.4 Å². The van der Waals surface area contributed by atoms with Gasteiger partial charge in [0.15, 0.2) is 0 Å². The first-order valence-electron chi connectivity index (χ1n) is 10.2. The van der Waals surface area contributed by atoms with Crippen molar-refractivity contribution in [2.75, 3.05) is 23.3 Å². The second-order valence-electron chi connectivity index (χ2n) is 7.96. The molecule has 1 aromatic rings. The van der Waals surface area contributed by atoms with Gasteiger partial charge in [0.2, 0.25) is 11.8 Å². The smallest absolute Gasteiger partial charge is 0.255 e. The molecular weight excluding hydrogens is 422 g/mol. The van der Waals surface area contributed by atoms with Gasteiger partial charge in [-0.05, 0) is 50.2 Å². The zero-order chi connectivity index (χ0) is 19.7. The summed E-state index contributed by atoms with van der Waals surface area (Å²) in [5.41, 5.74) is 2.85. The summed E-state index contributed by atoms with van der Waals surface area (Å²) in [5, 5.41) is 3.43. The molecule has 6 nitrogen and oxygen atoms in total. The summed E-state index contributed by atoms with van der Waals surface area (Å²) in [7, 11) is 0. The van der Waals surface area contributed by atoms with Gasteiger partial charge in [-0.15, -0.1) is 0 Å². The number of fused-ring (bicyclic) bond motifs is 1. The van der Waals surface area contributed by atoms with E-state index in [0.29, 0.717) is 18.5 Å². The molecule has 3 heterocycles. The van der Waals surface area contributed by atoms with Crippen LogP contribution in [0.25, 0.3) is 0 Å². The molecule has 0 bridgehead atoms. The Labute approximate surface area is 173 Å². The molecule has 2 fully saturated rings. The Morgan fingerprint density at radius 1 is 1.11 bits per heavy atom. The van der Waals surface area contributed by atoms with Crippen LogP contribution in [-0.2, 0) is 16.1 Å². The van der Waals surface area contributed by atoms with Gasteiger partial charge in [-0.25, -0.2) is 0 Å². The van der Waals surface area contributed by atoms with Crippen molar-refractivity contribution in [2.24, 2.45) is 5.92 Å². The fraction of sp³-hybridized carbons (Fsp3) is 0.571. The second kappa shape index (κ2) is 8.23. The molecule has 1 unspecified atom stereocenters. The molecule has 1 N–H and O–H groups in total. The van der Waals surface area contributed by atoms with E-state index in [1.54, 1.807) is 4.90 Å². The highest BCUT2D eigenvalue weighted by atomic mass is 79.9. The molecule has 0 aromatic heterocycles. The largest absolute Gasteiger partial charge is 0.371 e. The predicted octanol–water partition coefficient (Wildman–Crippen LogP) is 2.84. The Balaban J connectivity index is 1.49. The van der Waals surface area contributed by atoms with Gasteiger partial charge >= 0.3 is 0 Å². The molecule has 0 aliphatic carbocycles. The van der Waals surface area contributed by atoms with E-state index < -0.39 is 6.04 Å². The molecule has 0 spiro atoms. The third kappa shape index (κ3) is 3.69. The van der Waals surface area contributed by atoms with Crippen molar-refractivity contribution in [3.05, 3.63) is 29.3 Å². The molecule has 3 amide bonds. The number of carbonyl (C=O) groups is 3. The minimum absolute atomic E-state index is 0.0986. The van der Waals surface area contributed by atoms with Crippen LogP contribution in [0, 0.1) is 5.92 Å². The molecule has 7 heteroatoms. The summed E-state index contributed by atoms with van der Waals surface area (Å²) in [5.74, 6) is 0.0751. The van der Waals surface area contributed by atoms with Crippen LogP contribution in [0.1, 0.15) is 54.4 Å². The van der Waals surface area contributed by atoms with E-state index in [0.717, 1.165) is 35.6 Å². The molecule has 1 aromatic carbocycles. The molecule has 28 heavy (non-hydrogen) atoms. The number of rotatable bonds is 5. The van der Waals surface area contributed by atoms with Crippen molar-refractivity contribution in [1.29, 1.82) is 0 Å². The summed E-state index contributed by atoms with van der Waals surface area (Å²) in [6.45, 7) is 2.46. The van der Waals surface area contributed by atoms with E-state index in [-0.39, 0.29) is 24.1 Å². The lowest BCUT2D eigenvalue weighted by Crippen LogP contribution is -2.52. The normalized spacial score (nSPS) is 23.2. The van der Waals surface area contributed by atoms with Crippen molar-refractivity contribution >= 4 is 39.3 Å². The molecule has 2 saturated heterocycles. The molecule has 150 valence electrons. The third-order valence-electron chi connectivity index (χ3n) is 6.26. The average molecular weight is 448 g/mol. The van der Waals surface area contributed by atoms with E-state index in [4.69, 9.17) is 0 Å². The van der Waals surface area contributed by atoms with Gasteiger partial charge < -0.3 is 9.80 Å². The number of halogens is 1. The number of hydrogen-bond donors (Lipinski definition) is 1. The molecule has 1 atom stereocenters. The maximum atomic E-state index is 13.0. The highest BCUT2D eigenvalue weighted by Crippen LogP contribution is 2.36. The highest BCUT2D eigenvalue weighted by molar-refractivity contribution is 9.09. The SMILES string of the molecule is O=C1CCC(N2Cc3c(cccc3N3CCC(CCCBr)CC3)C2=O)C(=O)N1. The van der Waals surface area contributed by atoms with Gasteiger partial charge in [-0.3, -0.25) is 19.7 Å². The predicted molar refractivity (Wildman–Crippen MR) is 110 cm³/mol. The number of imide groups is 1. The number of benzene rings is 1. The zero-order valence-electron chi connectivity index (χ0n) is 16.0. The van der Waals surface area contributed by atoms with Crippen molar-refractivity contribution in [1.82, 2.24) is 10.2 Å².